The predicted octanol–water partition coefficient (Wildman–Crippen LogP) is 9.39. The molecule has 0 aliphatic carbocycles. The molecule has 0 N–H and O–H groups in total. The van der Waals surface area contributed by atoms with Crippen molar-refractivity contribution in [3.05, 3.63) is 133 Å². The first kappa shape index (κ1) is 25.5. The number of hydrogen-bond donors (Lipinski definition) is 0. The number of pyridine rings is 1. The van der Waals surface area contributed by atoms with Crippen molar-refractivity contribution >= 4 is 21.8 Å². The fourth-order valence-electron chi connectivity index (χ4n) is 6.76. The zero-order valence-electron chi connectivity index (χ0n) is 24.7. The van der Waals surface area contributed by atoms with Crippen molar-refractivity contribution in [1.82, 2.24) is 19.3 Å². The summed E-state index contributed by atoms with van der Waals surface area (Å²) in [4.78, 5) is 4.67. The Hall–Kier alpha value is -5.16. The number of aromatic nitrogens is 4. The van der Waals surface area contributed by atoms with Gasteiger partial charge in [-0.15, -0.1) is 0 Å². The highest BCUT2D eigenvalue weighted by Crippen LogP contribution is 2.53. The van der Waals surface area contributed by atoms with Crippen molar-refractivity contribution < 1.29 is 4.74 Å². The highest BCUT2D eigenvalue weighted by molar-refractivity contribution is 6.09. The van der Waals surface area contributed by atoms with Gasteiger partial charge in [0, 0.05) is 45.5 Å². The van der Waals surface area contributed by atoms with Gasteiger partial charge >= 0.3 is 0 Å². The second-order valence-electron chi connectivity index (χ2n) is 12.4. The largest absolute Gasteiger partial charge is 0.457 e. The average Bonchev–Trinajstić information content (AvgIpc) is 3.62. The van der Waals surface area contributed by atoms with Crippen LogP contribution in [0.2, 0.25) is 0 Å². The predicted molar refractivity (Wildman–Crippen MR) is 174 cm³/mol. The van der Waals surface area contributed by atoms with E-state index in [1.807, 2.05) is 30.6 Å². The summed E-state index contributed by atoms with van der Waals surface area (Å²) in [6, 6.07) is 37.8. The molecule has 0 unspecified atom stereocenters. The van der Waals surface area contributed by atoms with Gasteiger partial charge in [-0.3, -0.25) is 4.57 Å². The summed E-state index contributed by atoms with van der Waals surface area (Å²) < 4.78 is 10.9. The van der Waals surface area contributed by atoms with Crippen molar-refractivity contribution in [2.45, 2.75) is 38.5 Å². The third-order valence-corrected chi connectivity index (χ3v) is 9.64. The minimum atomic E-state index is -0.159. The van der Waals surface area contributed by atoms with E-state index in [0.29, 0.717) is 0 Å². The second-order valence-corrected chi connectivity index (χ2v) is 12.4. The lowest BCUT2D eigenvalue weighted by Crippen LogP contribution is -2.46. The molecule has 1 aliphatic rings. The van der Waals surface area contributed by atoms with Gasteiger partial charge in [0.05, 0.1) is 28.6 Å². The summed E-state index contributed by atoms with van der Waals surface area (Å²) in [7, 11) is 0. The van der Waals surface area contributed by atoms with Crippen molar-refractivity contribution in [3.8, 4) is 34.1 Å². The maximum absolute atomic E-state index is 6.59. The minimum Gasteiger partial charge on any atom is -0.457 e. The molecule has 0 atom stereocenters. The molecule has 210 valence electrons. The van der Waals surface area contributed by atoms with E-state index >= 15 is 0 Å². The number of para-hydroxylation sites is 1. The highest BCUT2D eigenvalue weighted by atomic mass is 16.5. The summed E-state index contributed by atoms with van der Waals surface area (Å²) in [5, 5.41) is 7.30. The monoisotopic (exact) mass is 560 g/mol. The fraction of sp³-hybridized carbons (Fsp3) is 0.158. The Labute approximate surface area is 251 Å². The van der Waals surface area contributed by atoms with E-state index in [2.05, 4.69) is 133 Å². The average molecular weight is 561 g/mol. The van der Waals surface area contributed by atoms with Gasteiger partial charge < -0.3 is 4.74 Å². The van der Waals surface area contributed by atoms with Gasteiger partial charge in [0.15, 0.2) is 0 Å². The quantitative estimate of drug-likeness (QED) is 0.215. The first-order valence-electron chi connectivity index (χ1n) is 14.8. The molecule has 1 aliphatic heterocycles. The van der Waals surface area contributed by atoms with Crippen LogP contribution in [-0.2, 0) is 10.8 Å². The molecule has 0 fully saturated rings. The number of rotatable bonds is 4. The molecule has 0 saturated heterocycles. The molecule has 7 aromatic rings. The van der Waals surface area contributed by atoms with Crippen LogP contribution in [0, 0.1) is 0 Å². The molecule has 5 nitrogen and oxygen atoms in total. The van der Waals surface area contributed by atoms with E-state index < -0.39 is 0 Å². The van der Waals surface area contributed by atoms with Crippen LogP contribution < -0.4 is 4.74 Å². The summed E-state index contributed by atoms with van der Waals surface area (Å²) in [5.41, 5.74) is 7.76. The van der Waals surface area contributed by atoms with Crippen LogP contribution in [0.3, 0.4) is 0 Å². The molecule has 0 radical (unpaired) electrons. The highest BCUT2D eigenvalue weighted by Gasteiger charge is 2.48. The molecule has 0 saturated carbocycles. The Morgan fingerprint density at radius 2 is 1.37 bits per heavy atom. The van der Waals surface area contributed by atoms with Crippen LogP contribution in [0.25, 0.3) is 44.4 Å². The third kappa shape index (κ3) is 3.71. The number of benzene rings is 4. The van der Waals surface area contributed by atoms with E-state index in [-0.39, 0.29) is 10.8 Å². The van der Waals surface area contributed by atoms with Crippen LogP contribution in [0.4, 0.5) is 0 Å². The summed E-state index contributed by atoms with van der Waals surface area (Å²) in [5.74, 6) is 2.43. The van der Waals surface area contributed by atoms with Crippen LogP contribution in [-0.4, -0.2) is 19.3 Å². The number of ether oxygens (including phenoxy) is 1. The number of hydrogen-bond acceptors (Lipinski definition) is 3. The summed E-state index contributed by atoms with van der Waals surface area (Å²) in [6.07, 6.45) is 3.84. The van der Waals surface area contributed by atoms with E-state index in [0.717, 1.165) is 39.4 Å². The Kier molecular flexibility index (Phi) is 5.45. The van der Waals surface area contributed by atoms with Crippen molar-refractivity contribution in [3.63, 3.8) is 0 Å². The molecule has 3 aromatic heterocycles. The number of nitrogens with zero attached hydrogens (tertiary/aromatic N) is 4. The van der Waals surface area contributed by atoms with E-state index in [4.69, 9.17) is 9.84 Å². The SMILES string of the molecule is CC1(C)c2ccc(Oc3ccc4c5ccccc5n(-c5ccccn5)c4c3)cc2-n2ncc(-c3ccccc3)c2C1(C)C. The second kappa shape index (κ2) is 9.17. The molecule has 5 heteroatoms. The Morgan fingerprint density at radius 3 is 2.19 bits per heavy atom. The summed E-state index contributed by atoms with van der Waals surface area (Å²) in [6.45, 7) is 9.33. The first-order chi connectivity index (χ1) is 20.8. The molecule has 0 amide bonds. The molecule has 43 heavy (non-hydrogen) atoms. The van der Waals surface area contributed by atoms with Gasteiger partial charge in [-0.25, -0.2) is 9.67 Å². The maximum Gasteiger partial charge on any atom is 0.137 e. The Bertz CT molecular complexity index is 2150. The van der Waals surface area contributed by atoms with Crippen LogP contribution in [0.5, 0.6) is 11.5 Å². The van der Waals surface area contributed by atoms with E-state index in [1.54, 1.807) is 0 Å². The molecule has 8 rings (SSSR count). The van der Waals surface area contributed by atoms with Crippen LogP contribution in [0.1, 0.15) is 39.0 Å². The zero-order valence-corrected chi connectivity index (χ0v) is 24.7. The van der Waals surface area contributed by atoms with Crippen LogP contribution in [0.15, 0.2) is 122 Å². The lowest BCUT2D eigenvalue weighted by molar-refractivity contribution is 0.275. The fourth-order valence-corrected chi connectivity index (χ4v) is 6.76. The topological polar surface area (TPSA) is 44.9 Å². The molecule has 4 aromatic carbocycles. The lowest BCUT2D eigenvalue weighted by Gasteiger charge is -2.47. The van der Waals surface area contributed by atoms with Gasteiger partial charge in [0.25, 0.3) is 0 Å². The van der Waals surface area contributed by atoms with E-state index in [9.17, 15) is 0 Å². The van der Waals surface area contributed by atoms with Crippen LogP contribution >= 0.6 is 0 Å². The normalized spacial score (nSPS) is 14.9. The smallest absolute Gasteiger partial charge is 0.137 e. The maximum atomic E-state index is 6.59. The molecular weight excluding hydrogens is 528 g/mol. The van der Waals surface area contributed by atoms with Crippen molar-refractivity contribution in [2.24, 2.45) is 0 Å². The minimum absolute atomic E-state index is 0.136. The first-order valence-corrected chi connectivity index (χ1v) is 14.8. The van der Waals surface area contributed by atoms with Gasteiger partial charge in [0.1, 0.15) is 17.3 Å². The van der Waals surface area contributed by atoms with E-state index in [1.165, 1.54) is 27.8 Å². The Morgan fingerprint density at radius 1 is 0.651 bits per heavy atom. The van der Waals surface area contributed by atoms with Crippen molar-refractivity contribution in [2.75, 3.05) is 0 Å². The molecule has 4 heterocycles. The van der Waals surface area contributed by atoms with Gasteiger partial charge in [-0.1, -0.05) is 88.4 Å². The third-order valence-electron chi connectivity index (χ3n) is 9.64. The standard InChI is InChI=1S/C38H32N4O/c1-37(2)31-20-18-27(23-34(31)42-36(38(37,3)4)30(24-40-42)25-12-6-5-7-13-25)43-26-17-19-29-28-14-8-9-15-32(28)41(33(29)22-26)35-16-10-11-21-39-35/h5-24H,1-4H3. The molecule has 0 spiro atoms. The zero-order chi connectivity index (χ0) is 29.3. The van der Waals surface area contributed by atoms with Gasteiger partial charge in [-0.05, 0) is 47.5 Å². The van der Waals surface area contributed by atoms with Gasteiger partial charge in [-0.2, -0.15) is 5.10 Å². The molecule has 0 bridgehead atoms. The Balaban J connectivity index is 1.25. The lowest BCUT2D eigenvalue weighted by atomic mass is 9.59. The van der Waals surface area contributed by atoms with Crippen molar-refractivity contribution in [1.29, 1.82) is 0 Å². The van der Waals surface area contributed by atoms with Gasteiger partial charge in [0.2, 0.25) is 0 Å². The molecular formula is C38H32N4O. The summed E-state index contributed by atoms with van der Waals surface area (Å²) >= 11 is 0. The number of fused-ring (bicyclic) bond motifs is 6.